The van der Waals surface area contributed by atoms with Gasteiger partial charge in [-0.1, -0.05) is 6.92 Å². The van der Waals surface area contributed by atoms with Crippen molar-refractivity contribution in [3.8, 4) is 0 Å². The topological polar surface area (TPSA) is 35.6 Å². The normalized spacial score (nSPS) is 16.2. The quantitative estimate of drug-likeness (QED) is 0.925. The molecule has 1 aromatic rings. The first-order chi connectivity index (χ1) is 9.60. The molecule has 0 radical (unpaired) electrons. The first kappa shape index (κ1) is 14.7. The Bertz CT molecular complexity index is 473. The van der Waals surface area contributed by atoms with Gasteiger partial charge in [0.15, 0.2) is 11.6 Å². The molecule has 0 atom stereocenters. The lowest BCUT2D eigenvalue weighted by atomic mass is 10.3. The van der Waals surface area contributed by atoms with Gasteiger partial charge in [0.2, 0.25) is 0 Å². The van der Waals surface area contributed by atoms with Crippen molar-refractivity contribution in [1.29, 1.82) is 0 Å². The Labute approximate surface area is 117 Å². The van der Waals surface area contributed by atoms with Gasteiger partial charge in [0.25, 0.3) is 0 Å². The van der Waals surface area contributed by atoms with Gasteiger partial charge in [-0.25, -0.2) is 13.6 Å². The van der Waals surface area contributed by atoms with E-state index in [4.69, 9.17) is 0 Å². The van der Waals surface area contributed by atoms with E-state index in [1.54, 1.807) is 4.90 Å². The minimum atomic E-state index is -0.962. The van der Waals surface area contributed by atoms with Crippen LogP contribution >= 0.6 is 0 Å². The maximum absolute atomic E-state index is 13.1. The zero-order valence-electron chi connectivity index (χ0n) is 11.5. The third-order valence-corrected chi connectivity index (χ3v) is 3.37. The molecule has 6 heteroatoms. The summed E-state index contributed by atoms with van der Waals surface area (Å²) in [5, 5.41) is 2.59. The fraction of sp³-hybridized carbons (Fsp3) is 0.500. The Balaban J connectivity index is 1.88. The number of rotatable bonds is 3. The summed E-state index contributed by atoms with van der Waals surface area (Å²) >= 11 is 0. The van der Waals surface area contributed by atoms with Crippen molar-refractivity contribution in [2.24, 2.45) is 0 Å². The van der Waals surface area contributed by atoms with E-state index in [0.29, 0.717) is 13.1 Å². The fourth-order valence-electron chi connectivity index (χ4n) is 2.27. The number of carbonyl (C=O) groups is 1. The smallest absolute Gasteiger partial charge is 0.321 e. The third kappa shape index (κ3) is 3.66. The minimum absolute atomic E-state index is 0.268. The molecule has 1 N–H and O–H groups in total. The molecule has 2 amide bonds. The van der Waals surface area contributed by atoms with E-state index in [-0.39, 0.29) is 11.7 Å². The highest BCUT2D eigenvalue weighted by Crippen LogP contribution is 2.14. The van der Waals surface area contributed by atoms with Gasteiger partial charge >= 0.3 is 6.03 Å². The standard InChI is InChI=1S/C14H19F2N3O/c1-2-5-18-6-8-19(9-7-18)14(20)17-11-3-4-12(15)13(16)10-11/h3-4,10H,2,5-9H2,1H3,(H,17,20). The summed E-state index contributed by atoms with van der Waals surface area (Å²) in [4.78, 5) is 16.0. The van der Waals surface area contributed by atoms with Gasteiger partial charge in [-0.2, -0.15) is 0 Å². The molecule has 1 fully saturated rings. The van der Waals surface area contributed by atoms with Gasteiger partial charge in [-0.3, -0.25) is 4.90 Å². The summed E-state index contributed by atoms with van der Waals surface area (Å²) in [6, 6.07) is 3.07. The van der Waals surface area contributed by atoms with Crippen molar-refractivity contribution in [3.63, 3.8) is 0 Å². The second-order valence-electron chi connectivity index (χ2n) is 4.89. The molecule has 20 heavy (non-hydrogen) atoms. The number of piperazine rings is 1. The van der Waals surface area contributed by atoms with E-state index in [1.807, 2.05) is 0 Å². The maximum atomic E-state index is 13.1. The van der Waals surface area contributed by atoms with Crippen LogP contribution in [0.3, 0.4) is 0 Å². The van der Waals surface area contributed by atoms with Crippen LogP contribution in [0.4, 0.5) is 19.3 Å². The molecule has 110 valence electrons. The zero-order chi connectivity index (χ0) is 14.5. The highest BCUT2D eigenvalue weighted by molar-refractivity contribution is 5.89. The number of nitrogens with zero attached hydrogens (tertiary/aromatic N) is 2. The molecule has 2 rings (SSSR count). The van der Waals surface area contributed by atoms with E-state index in [2.05, 4.69) is 17.1 Å². The Morgan fingerprint density at radius 1 is 1.20 bits per heavy atom. The lowest BCUT2D eigenvalue weighted by Crippen LogP contribution is -2.50. The van der Waals surface area contributed by atoms with E-state index in [1.165, 1.54) is 6.07 Å². The van der Waals surface area contributed by atoms with Gasteiger partial charge < -0.3 is 10.2 Å². The van der Waals surface area contributed by atoms with Gasteiger partial charge in [-0.05, 0) is 25.1 Å². The number of halogens is 2. The molecule has 0 spiro atoms. The molecule has 1 heterocycles. The SMILES string of the molecule is CCCN1CCN(C(=O)Nc2ccc(F)c(F)c2)CC1. The summed E-state index contributed by atoms with van der Waals surface area (Å²) < 4.78 is 25.9. The molecule has 1 aliphatic heterocycles. The van der Waals surface area contributed by atoms with E-state index >= 15 is 0 Å². The van der Waals surface area contributed by atoms with Gasteiger partial charge in [-0.15, -0.1) is 0 Å². The Morgan fingerprint density at radius 3 is 2.50 bits per heavy atom. The van der Waals surface area contributed by atoms with Crippen molar-refractivity contribution in [2.75, 3.05) is 38.0 Å². The molecule has 0 aromatic heterocycles. The Kier molecular flexibility index (Phi) is 4.89. The van der Waals surface area contributed by atoms with Crippen LogP contribution < -0.4 is 5.32 Å². The van der Waals surface area contributed by atoms with Gasteiger partial charge in [0.05, 0.1) is 0 Å². The van der Waals surface area contributed by atoms with Crippen LogP contribution in [0.5, 0.6) is 0 Å². The molecule has 0 aliphatic carbocycles. The average molecular weight is 283 g/mol. The lowest BCUT2D eigenvalue weighted by molar-refractivity contribution is 0.147. The van der Waals surface area contributed by atoms with Crippen LogP contribution in [-0.2, 0) is 0 Å². The van der Waals surface area contributed by atoms with Crippen LogP contribution in [0.1, 0.15) is 13.3 Å². The molecule has 0 bridgehead atoms. The summed E-state index contributed by atoms with van der Waals surface area (Å²) in [5.74, 6) is -1.88. The maximum Gasteiger partial charge on any atom is 0.321 e. The number of nitrogens with one attached hydrogen (secondary N) is 1. The predicted molar refractivity (Wildman–Crippen MR) is 73.7 cm³/mol. The predicted octanol–water partition coefficient (Wildman–Crippen LogP) is 2.52. The molecule has 1 aliphatic rings. The fourth-order valence-corrected chi connectivity index (χ4v) is 2.27. The number of urea groups is 1. The highest BCUT2D eigenvalue weighted by Gasteiger charge is 2.20. The average Bonchev–Trinajstić information content (AvgIpc) is 2.44. The summed E-state index contributed by atoms with van der Waals surface area (Å²) in [6.07, 6.45) is 1.10. The minimum Gasteiger partial charge on any atom is -0.322 e. The van der Waals surface area contributed by atoms with E-state index < -0.39 is 11.6 Å². The Hall–Kier alpha value is -1.69. The third-order valence-electron chi connectivity index (χ3n) is 3.37. The van der Waals surface area contributed by atoms with Crippen molar-refractivity contribution in [1.82, 2.24) is 9.80 Å². The molecular formula is C14H19F2N3O. The molecule has 0 saturated carbocycles. The summed E-state index contributed by atoms with van der Waals surface area (Å²) in [6.45, 7) is 6.16. The molecular weight excluding hydrogens is 264 g/mol. The monoisotopic (exact) mass is 283 g/mol. The number of hydrogen-bond donors (Lipinski definition) is 1. The second kappa shape index (κ2) is 6.65. The van der Waals surface area contributed by atoms with E-state index in [9.17, 15) is 13.6 Å². The molecule has 4 nitrogen and oxygen atoms in total. The number of carbonyl (C=O) groups excluding carboxylic acids is 1. The van der Waals surface area contributed by atoms with Gasteiger partial charge in [0, 0.05) is 37.9 Å². The zero-order valence-corrected chi connectivity index (χ0v) is 11.5. The summed E-state index contributed by atoms with van der Waals surface area (Å²) in [7, 11) is 0. The van der Waals surface area contributed by atoms with Crippen LogP contribution in [0.2, 0.25) is 0 Å². The summed E-state index contributed by atoms with van der Waals surface area (Å²) in [5.41, 5.74) is 0.268. The largest absolute Gasteiger partial charge is 0.322 e. The van der Waals surface area contributed by atoms with E-state index in [0.717, 1.165) is 38.2 Å². The number of amides is 2. The Morgan fingerprint density at radius 2 is 1.90 bits per heavy atom. The lowest BCUT2D eigenvalue weighted by Gasteiger charge is -2.34. The second-order valence-corrected chi connectivity index (χ2v) is 4.89. The molecule has 1 aromatic carbocycles. The van der Waals surface area contributed by atoms with Crippen LogP contribution in [-0.4, -0.2) is 48.6 Å². The van der Waals surface area contributed by atoms with Crippen LogP contribution in [0, 0.1) is 11.6 Å². The number of hydrogen-bond acceptors (Lipinski definition) is 2. The van der Waals surface area contributed by atoms with Crippen molar-refractivity contribution < 1.29 is 13.6 Å². The first-order valence-electron chi connectivity index (χ1n) is 6.83. The molecule has 1 saturated heterocycles. The van der Waals surface area contributed by atoms with Crippen LogP contribution in [0.25, 0.3) is 0 Å². The van der Waals surface area contributed by atoms with Crippen molar-refractivity contribution in [3.05, 3.63) is 29.8 Å². The molecule has 0 unspecified atom stereocenters. The number of anilines is 1. The number of benzene rings is 1. The van der Waals surface area contributed by atoms with Crippen molar-refractivity contribution in [2.45, 2.75) is 13.3 Å². The van der Waals surface area contributed by atoms with Crippen LogP contribution in [0.15, 0.2) is 18.2 Å². The van der Waals surface area contributed by atoms with Gasteiger partial charge in [0.1, 0.15) is 0 Å². The first-order valence-corrected chi connectivity index (χ1v) is 6.83. The van der Waals surface area contributed by atoms with Crippen molar-refractivity contribution >= 4 is 11.7 Å². The highest BCUT2D eigenvalue weighted by atomic mass is 19.2.